The first-order valence-electron chi connectivity index (χ1n) is 6.89. The van der Waals surface area contributed by atoms with Gasteiger partial charge in [0.15, 0.2) is 17.3 Å². The Kier molecular flexibility index (Phi) is 5.59. The summed E-state index contributed by atoms with van der Waals surface area (Å²) in [6.07, 6.45) is 0. The van der Waals surface area contributed by atoms with Crippen molar-refractivity contribution >= 4 is 28.8 Å². The van der Waals surface area contributed by atoms with E-state index in [0.717, 1.165) is 0 Å². The second-order valence-corrected chi connectivity index (χ2v) is 5.18. The standard InChI is InChI=1S/C16H15ClN2O5/c1-23-15-6-3-10(7-16(15)24-2)14(20)9-18-11-4-5-13(19(21)22)12(17)8-11/h3-8,18H,9H2,1-2H3. The van der Waals surface area contributed by atoms with E-state index >= 15 is 0 Å². The molecule has 0 radical (unpaired) electrons. The van der Waals surface area contributed by atoms with Crippen molar-refractivity contribution in [2.75, 3.05) is 26.1 Å². The molecule has 0 saturated heterocycles. The Balaban J connectivity index is 2.08. The van der Waals surface area contributed by atoms with E-state index in [2.05, 4.69) is 5.32 Å². The SMILES string of the molecule is COc1ccc(C(=O)CNc2ccc([N+](=O)[O-])c(Cl)c2)cc1OC. The van der Waals surface area contributed by atoms with Crippen LogP contribution in [-0.4, -0.2) is 31.5 Å². The molecule has 0 aliphatic carbocycles. The number of ether oxygens (including phenoxy) is 2. The van der Waals surface area contributed by atoms with Crippen molar-refractivity contribution in [3.05, 3.63) is 57.1 Å². The molecule has 24 heavy (non-hydrogen) atoms. The van der Waals surface area contributed by atoms with Crippen LogP contribution in [0, 0.1) is 10.1 Å². The number of hydrogen-bond acceptors (Lipinski definition) is 6. The fourth-order valence-corrected chi connectivity index (χ4v) is 2.31. The number of carbonyl (C=O) groups is 1. The van der Waals surface area contributed by atoms with Crippen LogP contribution in [0.15, 0.2) is 36.4 Å². The Morgan fingerprint density at radius 2 is 1.88 bits per heavy atom. The van der Waals surface area contributed by atoms with Gasteiger partial charge in [-0.05, 0) is 30.3 Å². The predicted octanol–water partition coefficient (Wildman–Crippen LogP) is 3.56. The van der Waals surface area contributed by atoms with Crippen molar-refractivity contribution in [2.24, 2.45) is 0 Å². The third kappa shape index (κ3) is 3.94. The number of methoxy groups -OCH3 is 2. The van der Waals surface area contributed by atoms with Crippen LogP contribution in [0.5, 0.6) is 11.5 Å². The minimum atomic E-state index is -0.569. The minimum absolute atomic E-state index is 0.00330. The Morgan fingerprint density at radius 3 is 2.46 bits per heavy atom. The van der Waals surface area contributed by atoms with Crippen LogP contribution in [0.1, 0.15) is 10.4 Å². The number of anilines is 1. The van der Waals surface area contributed by atoms with Gasteiger partial charge in [0.05, 0.1) is 25.7 Å². The lowest BCUT2D eigenvalue weighted by molar-refractivity contribution is -0.384. The zero-order valence-electron chi connectivity index (χ0n) is 13.0. The van der Waals surface area contributed by atoms with E-state index in [-0.39, 0.29) is 23.0 Å². The molecule has 0 aliphatic heterocycles. The molecule has 2 rings (SSSR count). The summed E-state index contributed by atoms with van der Waals surface area (Å²) in [6, 6.07) is 9.05. The fourth-order valence-electron chi connectivity index (χ4n) is 2.06. The van der Waals surface area contributed by atoms with Gasteiger partial charge in [-0.1, -0.05) is 11.6 Å². The summed E-state index contributed by atoms with van der Waals surface area (Å²) in [5.74, 6) is 0.816. The second kappa shape index (κ2) is 7.65. The maximum Gasteiger partial charge on any atom is 0.288 e. The third-order valence-corrected chi connectivity index (χ3v) is 3.61. The molecular weight excluding hydrogens is 336 g/mol. The van der Waals surface area contributed by atoms with Gasteiger partial charge < -0.3 is 14.8 Å². The van der Waals surface area contributed by atoms with Crippen molar-refractivity contribution < 1.29 is 19.2 Å². The van der Waals surface area contributed by atoms with Gasteiger partial charge in [0, 0.05) is 17.3 Å². The largest absolute Gasteiger partial charge is 0.493 e. The highest BCUT2D eigenvalue weighted by Crippen LogP contribution is 2.29. The Hall–Kier alpha value is -2.80. The zero-order chi connectivity index (χ0) is 17.7. The molecule has 0 atom stereocenters. The predicted molar refractivity (Wildman–Crippen MR) is 90.5 cm³/mol. The Bertz CT molecular complexity index is 779. The number of carbonyl (C=O) groups excluding carboxylic acids is 1. The van der Waals surface area contributed by atoms with Gasteiger partial charge in [-0.2, -0.15) is 0 Å². The summed E-state index contributed by atoms with van der Waals surface area (Å²) in [5.41, 5.74) is 0.779. The fraction of sp³-hybridized carbons (Fsp3) is 0.188. The van der Waals surface area contributed by atoms with Crippen LogP contribution in [0.3, 0.4) is 0 Å². The lowest BCUT2D eigenvalue weighted by Crippen LogP contribution is -2.14. The van der Waals surface area contributed by atoms with Crippen molar-refractivity contribution in [1.29, 1.82) is 0 Å². The molecule has 0 bridgehead atoms. The number of nitro groups is 1. The normalized spacial score (nSPS) is 10.1. The van der Waals surface area contributed by atoms with E-state index in [1.54, 1.807) is 18.2 Å². The number of Topliss-reactive ketones (excluding diaryl/α,β-unsaturated/α-hetero) is 1. The summed E-state index contributed by atoms with van der Waals surface area (Å²) in [6.45, 7) is 0.00359. The van der Waals surface area contributed by atoms with Crippen LogP contribution in [0.4, 0.5) is 11.4 Å². The van der Waals surface area contributed by atoms with Gasteiger partial charge in [-0.3, -0.25) is 14.9 Å². The highest BCUT2D eigenvalue weighted by Gasteiger charge is 2.14. The number of nitrogens with zero attached hydrogens (tertiary/aromatic N) is 1. The van der Waals surface area contributed by atoms with Crippen molar-refractivity contribution in [1.82, 2.24) is 0 Å². The van der Waals surface area contributed by atoms with Crippen LogP contribution < -0.4 is 14.8 Å². The molecule has 8 heteroatoms. The van der Waals surface area contributed by atoms with Crippen LogP contribution in [0.2, 0.25) is 5.02 Å². The van der Waals surface area contributed by atoms with Gasteiger partial charge in [-0.25, -0.2) is 0 Å². The van der Waals surface area contributed by atoms with Gasteiger partial charge in [0.1, 0.15) is 5.02 Å². The average molecular weight is 351 g/mol. The maximum atomic E-state index is 12.2. The third-order valence-electron chi connectivity index (χ3n) is 3.30. The highest BCUT2D eigenvalue weighted by molar-refractivity contribution is 6.32. The van der Waals surface area contributed by atoms with Crippen LogP contribution in [-0.2, 0) is 0 Å². The first kappa shape index (κ1) is 17.6. The molecule has 0 aromatic heterocycles. The zero-order valence-corrected chi connectivity index (χ0v) is 13.8. The van der Waals surface area contributed by atoms with Gasteiger partial charge in [-0.15, -0.1) is 0 Å². The molecule has 2 aromatic carbocycles. The average Bonchev–Trinajstić information content (AvgIpc) is 2.58. The van der Waals surface area contributed by atoms with Gasteiger partial charge >= 0.3 is 0 Å². The topological polar surface area (TPSA) is 90.7 Å². The molecule has 7 nitrogen and oxygen atoms in total. The summed E-state index contributed by atoms with van der Waals surface area (Å²) >= 11 is 5.83. The molecule has 0 spiro atoms. The van der Waals surface area contributed by atoms with Crippen LogP contribution >= 0.6 is 11.6 Å². The lowest BCUT2D eigenvalue weighted by atomic mass is 10.1. The van der Waals surface area contributed by atoms with E-state index in [9.17, 15) is 14.9 Å². The summed E-state index contributed by atoms with van der Waals surface area (Å²) in [4.78, 5) is 22.4. The summed E-state index contributed by atoms with van der Waals surface area (Å²) < 4.78 is 10.3. The second-order valence-electron chi connectivity index (χ2n) is 4.77. The smallest absolute Gasteiger partial charge is 0.288 e. The molecule has 0 heterocycles. The van der Waals surface area contributed by atoms with E-state index in [0.29, 0.717) is 22.7 Å². The van der Waals surface area contributed by atoms with Gasteiger partial charge in [0.25, 0.3) is 5.69 Å². The van der Waals surface area contributed by atoms with E-state index in [4.69, 9.17) is 21.1 Å². The number of ketones is 1. The summed E-state index contributed by atoms with van der Waals surface area (Å²) in [7, 11) is 3.00. The quantitative estimate of drug-likeness (QED) is 0.466. The minimum Gasteiger partial charge on any atom is -0.493 e. The molecule has 0 aliphatic rings. The van der Waals surface area contributed by atoms with Crippen LogP contribution in [0.25, 0.3) is 0 Å². The lowest BCUT2D eigenvalue weighted by Gasteiger charge is -2.10. The van der Waals surface area contributed by atoms with Crippen molar-refractivity contribution in [3.8, 4) is 11.5 Å². The summed E-state index contributed by atoms with van der Waals surface area (Å²) in [5, 5.41) is 13.6. The Morgan fingerprint density at radius 1 is 1.17 bits per heavy atom. The molecule has 0 fully saturated rings. The molecular formula is C16H15ClN2O5. The van der Waals surface area contributed by atoms with Crippen molar-refractivity contribution in [2.45, 2.75) is 0 Å². The van der Waals surface area contributed by atoms with E-state index < -0.39 is 4.92 Å². The van der Waals surface area contributed by atoms with Crippen molar-refractivity contribution in [3.63, 3.8) is 0 Å². The molecule has 0 unspecified atom stereocenters. The Labute approximate surface area is 143 Å². The monoisotopic (exact) mass is 350 g/mol. The molecule has 2 aromatic rings. The van der Waals surface area contributed by atoms with E-state index in [1.165, 1.54) is 32.4 Å². The number of rotatable bonds is 7. The van der Waals surface area contributed by atoms with E-state index in [1.807, 2.05) is 0 Å². The number of benzene rings is 2. The maximum absolute atomic E-state index is 12.2. The number of nitrogens with one attached hydrogen (secondary N) is 1. The highest BCUT2D eigenvalue weighted by atomic mass is 35.5. The number of nitro benzene ring substituents is 1. The first-order chi connectivity index (χ1) is 11.5. The molecule has 1 N–H and O–H groups in total. The molecule has 0 amide bonds. The molecule has 126 valence electrons. The first-order valence-corrected chi connectivity index (χ1v) is 7.27. The molecule has 0 saturated carbocycles. The number of halogens is 1. The number of hydrogen-bond donors (Lipinski definition) is 1. The van der Waals surface area contributed by atoms with Gasteiger partial charge in [0.2, 0.25) is 0 Å².